The van der Waals surface area contributed by atoms with Crippen LogP contribution in [0.5, 0.6) is 5.75 Å². The van der Waals surface area contributed by atoms with Crippen LogP contribution in [0.3, 0.4) is 0 Å². The molecular weight excluding hydrogens is 1300 g/mol. The van der Waals surface area contributed by atoms with Crippen molar-refractivity contribution in [3.63, 3.8) is 0 Å². The molecule has 10 N–H and O–H groups in total. The molecule has 5 heterocycles. The highest BCUT2D eigenvalue weighted by molar-refractivity contribution is 6.07. The van der Waals surface area contributed by atoms with Gasteiger partial charge >= 0.3 is 0 Å². The molecule has 3 aromatic carbocycles. The van der Waals surface area contributed by atoms with E-state index in [1.165, 1.54) is 177 Å². The number of methoxy groups -OCH3 is 1. The molecule has 14 rings (SSSR count). The van der Waals surface area contributed by atoms with E-state index in [2.05, 4.69) is 31.7 Å². The first-order chi connectivity index (χ1) is 50.0. The zero-order chi connectivity index (χ0) is 73.6. The number of aromatic nitrogens is 1. The summed E-state index contributed by atoms with van der Waals surface area (Å²) in [7, 11) is 8.54. The number of carbonyl (C=O) groups excluding carboxylic acids is 4. The van der Waals surface area contributed by atoms with Gasteiger partial charge < -0.3 is 38.3 Å². The second-order valence-electron chi connectivity index (χ2n) is 32.9. The van der Waals surface area contributed by atoms with Crippen LogP contribution in [0.15, 0.2) is 117 Å². The van der Waals surface area contributed by atoms with Gasteiger partial charge in [0.1, 0.15) is 16.8 Å². The Morgan fingerprint density at radius 1 is 0.452 bits per heavy atom. The molecule has 10 aliphatic rings. The molecule has 6 saturated carbocycles. The number of rotatable bonds is 20. The van der Waals surface area contributed by atoms with Crippen LogP contribution in [-0.4, -0.2) is 143 Å². The molecule has 0 bridgehead atoms. The van der Waals surface area contributed by atoms with Crippen LogP contribution in [0.1, 0.15) is 237 Å². The first kappa shape index (κ1) is 77.4. The molecule has 20 heteroatoms. The van der Waals surface area contributed by atoms with Gasteiger partial charge in [0.25, 0.3) is 11.8 Å². The fourth-order valence-corrected chi connectivity index (χ4v) is 18.2. The lowest BCUT2D eigenvalue weighted by Crippen LogP contribution is -2.47. The van der Waals surface area contributed by atoms with Crippen molar-refractivity contribution in [1.82, 2.24) is 35.2 Å². The third-order valence-corrected chi connectivity index (χ3v) is 24.9. The molecule has 0 radical (unpaired) electrons. The average molecular weight is 1420 g/mol. The lowest BCUT2D eigenvalue weighted by molar-refractivity contribution is -0.132. The number of guanidine groups is 4. The third kappa shape index (κ3) is 19.7. The summed E-state index contributed by atoms with van der Waals surface area (Å²) in [6.07, 6.45) is 43.2. The average Bonchev–Trinajstić information content (AvgIpc) is 1.52. The van der Waals surface area contributed by atoms with E-state index in [0.29, 0.717) is 48.7 Å². The van der Waals surface area contributed by atoms with Gasteiger partial charge in [-0.25, -0.2) is 20.0 Å². The summed E-state index contributed by atoms with van der Waals surface area (Å²) in [5.41, 5.74) is 27.7. The molecule has 0 saturated heterocycles. The second-order valence-corrected chi connectivity index (χ2v) is 32.9. The second kappa shape index (κ2) is 35.1. The minimum atomic E-state index is -0.650. The zero-order valence-corrected chi connectivity index (χ0v) is 63.8. The van der Waals surface area contributed by atoms with E-state index in [9.17, 15) is 19.2 Å². The third-order valence-electron chi connectivity index (χ3n) is 24.9. The number of ether oxygens (including phenoxy) is 1. The predicted molar refractivity (Wildman–Crippen MR) is 418 cm³/mol. The van der Waals surface area contributed by atoms with Gasteiger partial charge in [-0.3, -0.25) is 43.8 Å². The number of benzene rings is 3. The van der Waals surface area contributed by atoms with Gasteiger partial charge in [0.2, 0.25) is 11.8 Å². The first-order valence-electron chi connectivity index (χ1n) is 39.8. The van der Waals surface area contributed by atoms with E-state index in [1.807, 2.05) is 98.9 Å². The van der Waals surface area contributed by atoms with Crippen molar-refractivity contribution in [2.75, 3.05) is 41.8 Å². The largest absolute Gasteiger partial charge is 0.497 e. The van der Waals surface area contributed by atoms with Gasteiger partial charge in [-0.15, -0.1) is 0 Å². The Morgan fingerprint density at radius 2 is 0.875 bits per heavy atom. The number of amides is 4. The minimum absolute atomic E-state index is 0.0261. The normalized spacial score (nSPS) is 28.6. The van der Waals surface area contributed by atoms with E-state index in [-0.39, 0.29) is 35.5 Å². The zero-order valence-electron chi connectivity index (χ0n) is 63.8. The number of nitrogens with zero attached hydrogens (tertiary/aromatic N) is 9. The summed E-state index contributed by atoms with van der Waals surface area (Å²) in [4.78, 5) is 79.7. The molecule has 6 fully saturated rings. The van der Waals surface area contributed by atoms with Crippen LogP contribution in [0.25, 0.3) is 22.3 Å². The summed E-state index contributed by atoms with van der Waals surface area (Å²) < 4.78 is 5.29. The number of nitrogens with one attached hydrogen (secondary N) is 2. The molecule has 20 nitrogen and oxygen atoms in total. The topological polar surface area (TPSA) is 281 Å². The van der Waals surface area contributed by atoms with Crippen molar-refractivity contribution in [2.24, 2.45) is 72.5 Å². The maximum absolute atomic E-state index is 13.3. The number of hydrogen-bond donors (Lipinski definition) is 6. The number of carbonyl (C=O) groups is 4. The molecule has 564 valence electrons. The van der Waals surface area contributed by atoms with Crippen LogP contribution >= 0.6 is 0 Å². The first-order valence-corrected chi connectivity index (χ1v) is 39.8. The van der Waals surface area contributed by atoms with Crippen molar-refractivity contribution in [1.29, 1.82) is 0 Å². The molecule has 104 heavy (non-hydrogen) atoms. The van der Waals surface area contributed by atoms with Crippen molar-refractivity contribution in [3.05, 3.63) is 108 Å². The summed E-state index contributed by atoms with van der Waals surface area (Å²) in [5.74, 6) is 6.05. The molecular formula is C84H123N15O5. The van der Waals surface area contributed by atoms with Gasteiger partial charge in [-0.1, -0.05) is 164 Å². The summed E-state index contributed by atoms with van der Waals surface area (Å²) in [6, 6.07) is 29.8. The maximum Gasteiger partial charge on any atom is 0.257 e. The molecule has 0 unspecified atom stereocenters. The van der Waals surface area contributed by atoms with Gasteiger partial charge in [0.05, 0.1) is 31.0 Å². The lowest BCUT2D eigenvalue weighted by Gasteiger charge is -2.37. The van der Waals surface area contributed by atoms with Crippen LogP contribution < -0.4 is 38.3 Å². The highest BCUT2D eigenvalue weighted by Crippen LogP contribution is 2.44. The highest BCUT2D eigenvalue weighted by atomic mass is 16.5. The molecule has 8 atom stereocenters. The van der Waals surface area contributed by atoms with E-state index < -0.39 is 22.2 Å². The fourth-order valence-electron chi connectivity index (χ4n) is 18.2. The number of nitrogens with two attached hydrogens (primary N) is 4. The number of pyridine rings is 1. The minimum Gasteiger partial charge on any atom is -0.497 e. The van der Waals surface area contributed by atoms with Crippen molar-refractivity contribution in [2.45, 2.75) is 266 Å². The van der Waals surface area contributed by atoms with Crippen molar-refractivity contribution < 1.29 is 23.9 Å². The van der Waals surface area contributed by atoms with Crippen LogP contribution in [0.2, 0.25) is 0 Å². The Hall–Kier alpha value is -7.71. The molecule has 1 aromatic heterocycles. The standard InChI is InChI=1S/C25H44N4O.C23H40N4O.C19H21N3O2.C17H18N4O/c1-29-23(30)25(28-24(29)26,16-15-19-9-4-2-5-10-19)18-20-11-8-14-22(17-20)27-21-12-6-3-7-13-21;1-27-21(28)23(26-22(27)24,13-12-17-6-3-2-4-7-17)15-19-8-5-9-20(14-19)25-16-18-10-11-18;1-19(12-17(23)22(2)18(20)21-19)15-8-4-6-13(10-15)14-7-5-9-16(11-14)24-3;1-17(10-15(22)21(2)16(18)20-17)14-7-3-5-12(9-14)13-6-4-8-19-11-13/h19-22,27H,2-18H2,1H3,(H2,26,28);17-20,25H,2-16H2,1H3,(H2,24,26);4-11H,12H2,1-3H3,(H2,20,21);3-9,11H,10H2,1-2H3,(H2,18,20)/t20-,22+,25+;19-,20+,23+;19-;17-/m0000/s1. The van der Waals surface area contributed by atoms with E-state index >= 15 is 0 Å². The Balaban J connectivity index is 0.000000140. The van der Waals surface area contributed by atoms with Gasteiger partial charge in [0.15, 0.2) is 23.8 Å². The van der Waals surface area contributed by atoms with Gasteiger partial charge in [-0.05, 0) is 204 Å². The van der Waals surface area contributed by atoms with Gasteiger partial charge in [0, 0.05) is 58.7 Å². The number of hydrogen-bond acceptors (Lipinski definition) is 16. The summed E-state index contributed by atoms with van der Waals surface area (Å²) in [6.45, 7) is 5.07. The quantitative estimate of drug-likeness (QED) is 0.0482. The van der Waals surface area contributed by atoms with Crippen LogP contribution in [0.4, 0.5) is 0 Å². The van der Waals surface area contributed by atoms with Crippen LogP contribution in [-0.2, 0) is 30.3 Å². The fraction of sp³-hybridized carbons (Fsp3) is 0.631. The Bertz CT molecular complexity index is 3690. The monoisotopic (exact) mass is 1420 g/mol. The van der Waals surface area contributed by atoms with Crippen molar-refractivity contribution >= 4 is 47.5 Å². The molecule has 0 spiro atoms. The Kier molecular flexibility index (Phi) is 26.1. The molecule has 6 aliphatic carbocycles. The van der Waals surface area contributed by atoms with E-state index in [0.717, 1.165) is 101 Å². The predicted octanol–water partition coefficient (Wildman–Crippen LogP) is 13.5. The highest BCUT2D eigenvalue weighted by Gasteiger charge is 2.50. The maximum atomic E-state index is 13.3. The summed E-state index contributed by atoms with van der Waals surface area (Å²) >= 11 is 0. The number of likely N-dealkylation sites (N-methyl/N-ethyl adjacent to an activating group) is 2. The Morgan fingerprint density at radius 3 is 1.33 bits per heavy atom. The smallest absolute Gasteiger partial charge is 0.257 e. The number of aliphatic imine (C=N–C) groups is 4. The SMILES string of the molecule is CN1C(=O)C[C@@](C)(c2cccc(-c3cccnc3)c2)N=C1N.CN1C(=O)[C@@](CCC2CCCCC2)(C[C@H]2CCC[C@@H](NC3CCCCC3)C2)N=C1N.CN1C(=O)[C@@](CCC2CCCCC2)(C[C@H]2CCC[C@@H](NCC3CC3)C2)N=C1N.COc1cccc(-c2cccc([C@]3(C)CC(=O)N(C)C(N)=N3)c2)c1. The van der Waals surface area contributed by atoms with E-state index in [4.69, 9.17) is 37.7 Å². The lowest BCUT2D eigenvalue weighted by atomic mass is 9.74. The van der Waals surface area contributed by atoms with Crippen LogP contribution in [0, 0.1) is 29.6 Å². The molecule has 4 aromatic rings. The molecule has 4 amide bonds. The summed E-state index contributed by atoms with van der Waals surface area (Å²) in [5, 5.41) is 7.79. The Labute approximate surface area is 620 Å². The molecule has 4 aliphatic heterocycles. The van der Waals surface area contributed by atoms with E-state index in [1.54, 1.807) is 51.3 Å². The van der Waals surface area contributed by atoms with Gasteiger partial charge in [-0.2, -0.15) is 0 Å². The van der Waals surface area contributed by atoms with Crippen molar-refractivity contribution in [3.8, 4) is 28.0 Å².